The number of hydrogen-bond donors (Lipinski definition) is 1. The lowest BCUT2D eigenvalue weighted by Gasteiger charge is -2.13. The van der Waals surface area contributed by atoms with Crippen molar-refractivity contribution < 1.29 is 32.2 Å². The number of halogens is 3. The van der Waals surface area contributed by atoms with E-state index in [1.165, 1.54) is 20.1 Å². The van der Waals surface area contributed by atoms with Gasteiger partial charge in [-0.25, -0.2) is 18.0 Å². The third-order valence-electron chi connectivity index (χ3n) is 3.49. The van der Waals surface area contributed by atoms with E-state index in [0.717, 1.165) is 12.1 Å². The number of methoxy groups -OCH3 is 1. The molecule has 0 radical (unpaired) electrons. The van der Waals surface area contributed by atoms with Crippen LogP contribution in [0.1, 0.15) is 12.5 Å². The summed E-state index contributed by atoms with van der Waals surface area (Å²) in [4.78, 5) is 23.8. The van der Waals surface area contributed by atoms with Crippen LogP contribution in [0.15, 0.2) is 42.5 Å². The predicted octanol–water partition coefficient (Wildman–Crippen LogP) is 3.70. The lowest BCUT2D eigenvalue weighted by molar-refractivity contribution is -0.148. The molecule has 0 fully saturated rings. The first-order valence-corrected chi connectivity index (χ1v) is 7.79. The summed E-state index contributed by atoms with van der Waals surface area (Å²) in [5.74, 6) is -5.82. The minimum Gasteiger partial charge on any atom is -0.496 e. The fraction of sp³-hybridized carbons (Fsp3) is 0.158. The van der Waals surface area contributed by atoms with Crippen molar-refractivity contribution in [3.8, 4) is 5.75 Å². The molecule has 2 rings (SSSR count). The van der Waals surface area contributed by atoms with Crippen LogP contribution in [0.25, 0.3) is 6.08 Å². The van der Waals surface area contributed by atoms with Crippen LogP contribution in [0, 0.1) is 17.5 Å². The van der Waals surface area contributed by atoms with E-state index in [9.17, 15) is 22.8 Å². The standard InChI is InChI=1S/C19H16F3NO4/c1-11(19(25)23-14-9-8-13(20)17(21)18(14)22)27-16(24)10-7-12-5-3-4-6-15(12)26-2/h3-11H,1-2H3,(H,23,25)/b10-7+/t11-/m0/s1. The van der Waals surface area contributed by atoms with Gasteiger partial charge >= 0.3 is 5.97 Å². The van der Waals surface area contributed by atoms with E-state index in [1.807, 2.05) is 5.32 Å². The molecule has 2 aromatic carbocycles. The Morgan fingerprint density at radius 2 is 1.78 bits per heavy atom. The van der Waals surface area contributed by atoms with Crippen molar-refractivity contribution in [3.05, 3.63) is 65.5 Å². The van der Waals surface area contributed by atoms with Crippen molar-refractivity contribution >= 4 is 23.6 Å². The molecule has 5 nitrogen and oxygen atoms in total. The van der Waals surface area contributed by atoms with Crippen LogP contribution in [0.5, 0.6) is 5.75 Å². The van der Waals surface area contributed by atoms with Crippen LogP contribution in [-0.2, 0) is 14.3 Å². The van der Waals surface area contributed by atoms with Crippen molar-refractivity contribution in [2.75, 3.05) is 12.4 Å². The number of anilines is 1. The molecule has 0 bridgehead atoms. The number of carbonyl (C=O) groups is 2. The lowest BCUT2D eigenvalue weighted by atomic mass is 10.2. The molecule has 2 aromatic rings. The quantitative estimate of drug-likeness (QED) is 0.472. The maximum absolute atomic E-state index is 13.6. The third-order valence-corrected chi connectivity index (χ3v) is 3.49. The van der Waals surface area contributed by atoms with Crippen LogP contribution in [0.3, 0.4) is 0 Å². The Balaban J connectivity index is 1.98. The van der Waals surface area contributed by atoms with Gasteiger partial charge in [-0.2, -0.15) is 0 Å². The molecule has 27 heavy (non-hydrogen) atoms. The van der Waals surface area contributed by atoms with Crippen molar-refractivity contribution in [1.82, 2.24) is 0 Å². The topological polar surface area (TPSA) is 64.6 Å². The minimum atomic E-state index is -1.71. The maximum atomic E-state index is 13.6. The van der Waals surface area contributed by atoms with E-state index < -0.39 is 41.1 Å². The van der Waals surface area contributed by atoms with Crippen LogP contribution >= 0.6 is 0 Å². The van der Waals surface area contributed by atoms with Gasteiger partial charge in [0.2, 0.25) is 0 Å². The molecule has 142 valence electrons. The van der Waals surface area contributed by atoms with Gasteiger partial charge in [0.15, 0.2) is 23.6 Å². The largest absolute Gasteiger partial charge is 0.496 e. The van der Waals surface area contributed by atoms with Crippen LogP contribution in [0.2, 0.25) is 0 Å². The van der Waals surface area contributed by atoms with Crippen molar-refractivity contribution in [2.45, 2.75) is 13.0 Å². The van der Waals surface area contributed by atoms with Gasteiger partial charge in [0.1, 0.15) is 5.75 Å². The Morgan fingerprint density at radius 3 is 2.48 bits per heavy atom. The molecule has 0 saturated heterocycles. The summed E-state index contributed by atoms with van der Waals surface area (Å²) in [5.41, 5.74) is 0.0595. The summed E-state index contributed by atoms with van der Waals surface area (Å²) < 4.78 is 49.7. The summed E-state index contributed by atoms with van der Waals surface area (Å²) in [6.07, 6.45) is 1.24. The van der Waals surface area contributed by atoms with E-state index in [4.69, 9.17) is 9.47 Å². The summed E-state index contributed by atoms with van der Waals surface area (Å²) in [7, 11) is 1.48. The van der Waals surface area contributed by atoms with Gasteiger partial charge in [-0.15, -0.1) is 0 Å². The molecule has 0 spiro atoms. The molecule has 0 saturated carbocycles. The smallest absolute Gasteiger partial charge is 0.331 e. The zero-order valence-electron chi connectivity index (χ0n) is 14.5. The van der Waals surface area contributed by atoms with Crippen LogP contribution in [-0.4, -0.2) is 25.1 Å². The Labute approximate surface area is 153 Å². The average Bonchev–Trinajstić information content (AvgIpc) is 2.66. The second-order valence-electron chi connectivity index (χ2n) is 5.37. The van der Waals surface area contributed by atoms with Gasteiger partial charge in [0, 0.05) is 11.6 Å². The number of ether oxygens (including phenoxy) is 2. The normalized spacial score (nSPS) is 11.9. The predicted molar refractivity (Wildman–Crippen MR) is 92.5 cm³/mol. The second-order valence-corrected chi connectivity index (χ2v) is 5.37. The van der Waals surface area contributed by atoms with E-state index in [-0.39, 0.29) is 0 Å². The Morgan fingerprint density at radius 1 is 1.07 bits per heavy atom. The second kappa shape index (κ2) is 8.88. The van der Waals surface area contributed by atoms with Gasteiger partial charge in [0.25, 0.3) is 5.91 Å². The number of amides is 1. The summed E-state index contributed by atoms with van der Waals surface area (Å²) in [6.45, 7) is 1.25. The highest BCUT2D eigenvalue weighted by Gasteiger charge is 2.20. The molecule has 0 aliphatic heterocycles. The fourth-order valence-corrected chi connectivity index (χ4v) is 2.09. The molecule has 1 N–H and O–H groups in total. The van der Waals surface area contributed by atoms with Crippen molar-refractivity contribution in [1.29, 1.82) is 0 Å². The third kappa shape index (κ3) is 5.10. The SMILES string of the molecule is COc1ccccc1/C=C/C(=O)O[C@@H](C)C(=O)Nc1ccc(F)c(F)c1F. The van der Waals surface area contributed by atoms with Crippen molar-refractivity contribution in [3.63, 3.8) is 0 Å². The Bertz CT molecular complexity index is 883. The number of para-hydroxylation sites is 1. The molecule has 0 unspecified atom stereocenters. The number of carbonyl (C=O) groups excluding carboxylic acids is 2. The van der Waals surface area contributed by atoms with Gasteiger partial charge in [-0.05, 0) is 31.2 Å². The fourth-order valence-electron chi connectivity index (χ4n) is 2.09. The van der Waals surface area contributed by atoms with Gasteiger partial charge in [-0.3, -0.25) is 4.79 Å². The van der Waals surface area contributed by atoms with Crippen LogP contribution in [0.4, 0.5) is 18.9 Å². The summed E-state index contributed by atoms with van der Waals surface area (Å²) >= 11 is 0. The van der Waals surface area contributed by atoms with Gasteiger partial charge in [0.05, 0.1) is 12.8 Å². The number of nitrogens with one attached hydrogen (secondary N) is 1. The number of benzene rings is 2. The molecular formula is C19H16F3NO4. The Kier molecular flexibility index (Phi) is 6.59. The molecule has 0 aliphatic rings. The molecule has 0 aliphatic carbocycles. The molecular weight excluding hydrogens is 363 g/mol. The van der Waals surface area contributed by atoms with E-state index in [0.29, 0.717) is 17.4 Å². The van der Waals surface area contributed by atoms with E-state index in [1.54, 1.807) is 24.3 Å². The number of esters is 1. The number of rotatable bonds is 6. The highest BCUT2D eigenvalue weighted by molar-refractivity contribution is 5.96. The van der Waals surface area contributed by atoms with E-state index in [2.05, 4.69) is 0 Å². The first-order valence-electron chi connectivity index (χ1n) is 7.79. The molecule has 8 heteroatoms. The summed E-state index contributed by atoms with van der Waals surface area (Å²) in [6, 6.07) is 8.46. The number of hydrogen-bond acceptors (Lipinski definition) is 4. The van der Waals surface area contributed by atoms with Gasteiger partial charge in [-0.1, -0.05) is 18.2 Å². The molecule has 1 atom stereocenters. The first-order chi connectivity index (χ1) is 12.8. The minimum absolute atomic E-state index is 0.543. The molecule has 0 heterocycles. The first kappa shape index (κ1) is 20.0. The molecule has 0 aromatic heterocycles. The van der Waals surface area contributed by atoms with Crippen molar-refractivity contribution in [2.24, 2.45) is 0 Å². The lowest BCUT2D eigenvalue weighted by Crippen LogP contribution is -2.29. The molecule has 1 amide bonds. The highest BCUT2D eigenvalue weighted by atomic mass is 19.2. The maximum Gasteiger partial charge on any atom is 0.331 e. The van der Waals surface area contributed by atoms with Gasteiger partial charge < -0.3 is 14.8 Å². The zero-order chi connectivity index (χ0) is 20.0. The Hall–Kier alpha value is -3.29. The average molecular weight is 379 g/mol. The zero-order valence-corrected chi connectivity index (χ0v) is 14.5. The van der Waals surface area contributed by atoms with E-state index >= 15 is 0 Å². The monoisotopic (exact) mass is 379 g/mol. The van der Waals surface area contributed by atoms with Crippen LogP contribution < -0.4 is 10.1 Å². The highest BCUT2D eigenvalue weighted by Crippen LogP contribution is 2.20. The summed E-state index contributed by atoms with van der Waals surface area (Å²) in [5, 5.41) is 2.03.